The Balaban J connectivity index is 2.84. The van der Waals surface area contributed by atoms with Crippen molar-refractivity contribution in [2.24, 2.45) is 0 Å². The lowest BCUT2D eigenvalue weighted by molar-refractivity contribution is 0.307. The monoisotopic (exact) mass is 248 g/mol. The number of nitrogen functional groups attached to an aromatic ring is 1. The lowest BCUT2D eigenvalue weighted by Gasteiger charge is -2.21. The van der Waals surface area contributed by atoms with Crippen LogP contribution in [0.2, 0.25) is 0 Å². The van der Waals surface area contributed by atoms with Crippen molar-refractivity contribution in [2.75, 3.05) is 30.3 Å². The molecule has 2 N–H and O–H groups in total. The predicted octanol–water partition coefficient (Wildman–Crippen LogP) is 2.19. The van der Waals surface area contributed by atoms with E-state index in [0.29, 0.717) is 31.1 Å². The summed E-state index contributed by atoms with van der Waals surface area (Å²) in [5.74, 6) is 1.28. The van der Waals surface area contributed by atoms with Gasteiger partial charge in [-0.1, -0.05) is 6.92 Å². The molecule has 0 unspecified atom stereocenters. The van der Waals surface area contributed by atoms with E-state index in [-0.39, 0.29) is 0 Å². The van der Waals surface area contributed by atoms with Crippen molar-refractivity contribution in [3.8, 4) is 11.9 Å². The van der Waals surface area contributed by atoms with Crippen LogP contribution in [-0.4, -0.2) is 24.7 Å². The fourth-order valence-corrected chi connectivity index (χ4v) is 1.55. The van der Waals surface area contributed by atoms with Gasteiger partial charge < -0.3 is 15.4 Å². The molecule has 0 radical (unpaired) electrons. The van der Waals surface area contributed by atoms with Crippen LogP contribution in [-0.2, 0) is 0 Å². The maximum atomic E-state index is 8.63. The highest BCUT2D eigenvalue weighted by Gasteiger charge is 2.09. The summed E-state index contributed by atoms with van der Waals surface area (Å²) < 4.78 is 5.50. The second-order valence-electron chi connectivity index (χ2n) is 3.90. The molecule has 1 heterocycles. The van der Waals surface area contributed by atoms with Gasteiger partial charge in [-0.15, -0.1) is 0 Å². The Morgan fingerprint density at radius 1 is 1.44 bits per heavy atom. The first-order valence-corrected chi connectivity index (χ1v) is 6.24. The first kappa shape index (κ1) is 14.1. The zero-order valence-electron chi connectivity index (χ0n) is 11.0. The fraction of sp³-hybridized carbons (Fsp3) is 0.538. The third-order valence-corrected chi connectivity index (χ3v) is 2.52. The van der Waals surface area contributed by atoms with Gasteiger partial charge >= 0.3 is 0 Å². The number of hydrogen-bond donors (Lipinski definition) is 1. The molecule has 0 fully saturated rings. The molecule has 0 aliphatic heterocycles. The molecule has 0 bridgehead atoms. The minimum absolute atomic E-state index is 0.477. The summed E-state index contributed by atoms with van der Waals surface area (Å²) in [6.45, 7) is 6.13. The molecule has 0 saturated carbocycles. The second kappa shape index (κ2) is 7.38. The van der Waals surface area contributed by atoms with Gasteiger partial charge in [0, 0.05) is 13.1 Å². The summed E-state index contributed by atoms with van der Waals surface area (Å²) in [7, 11) is 0. The molecule has 1 aromatic heterocycles. The van der Waals surface area contributed by atoms with Crippen LogP contribution in [0.3, 0.4) is 0 Å². The third-order valence-electron chi connectivity index (χ3n) is 2.52. The SMILES string of the molecule is CCCOc1nc(N(CC)CCC#N)ccc1N. The minimum atomic E-state index is 0.477. The Hall–Kier alpha value is -1.96. The molecule has 0 aliphatic rings. The van der Waals surface area contributed by atoms with Crippen LogP contribution in [0.4, 0.5) is 11.5 Å². The number of rotatable bonds is 7. The van der Waals surface area contributed by atoms with Gasteiger partial charge in [-0.25, -0.2) is 0 Å². The summed E-state index contributed by atoms with van der Waals surface area (Å²) in [6, 6.07) is 5.79. The van der Waals surface area contributed by atoms with Gasteiger partial charge in [-0.05, 0) is 25.5 Å². The van der Waals surface area contributed by atoms with Crippen molar-refractivity contribution in [3.63, 3.8) is 0 Å². The zero-order chi connectivity index (χ0) is 13.4. The maximum Gasteiger partial charge on any atom is 0.239 e. The zero-order valence-corrected chi connectivity index (χ0v) is 11.0. The van der Waals surface area contributed by atoms with E-state index in [0.717, 1.165) is 18.8 Å². The lowest BCUT2D eigenvalue weighted by Crippen LogP contribution is -2.24. The number of hydrogen-bond acceptors (Lipinski definition) is 5. The number of pyridine rings is 1. The third kappa shape index (κ3) is 3.81. The molecule has 18 heavy (non-hydrogen) atoms. The first-order valence-electron chi connectivity index (χ1n) is 6.24. The summed E-state index contributed by atoms with van der Waals surface area (Å²) in [5, 5.41) is 8.63. The van der Waals surface area contributed by atoms with Gasteiger partial charge in [0.2, 0.25) is 5.88 Å². The van der Waals surface area contributed by atoms with Gasteiger partial charge in [0.25, 0.3) is 0 Å². The van der Waals surface area contributed by atoms with Crippen LogP contribution >= 0.6 is 0 Å². The fourth-order valence-electron chi connectivity index (χ4n) is 1.55. The van der Waals surface area contributed by atoms with Crippen molar-refractivity contribution in [3.05, 3.63) is 12.1 Å². The predicted molar refractivity (Wildman–Crippen MR) is 72.6 cm³/mol. The smallest absolute Gasteiger partial charge is 0.239 e. The number of aromatic nitrogens is 1. The molecule has 0 aliphatic carbocycles. The normalized spacial score (nSPS) is 9.83. The average molecular weight is 248 g/mol. The molecular weight excluding hydrogens is 228 g/mol. The van der Waals surface area contributed by atoms with Crippen LogP contribution in [0.5, 0.6) is 5.88 Å². The standard InChI is InChI=1S/C13H20N4O/c1-3-10-18-13-11(15)6-7-12(16-13)17(4-2)9-5-8-14/h6-7H,3-5,9-10,15H2,1-2H3. The van der Waals surface area contributed by atoms with E-state index in [2.05, 4.69) is 11.1 Å². The van der Waals surface area contributed by atoms with Crippen LogP contribution in [0, 0.1) is 11.3 Å². The molecule has 5 nitrogen and oxygen atoms in total. The Morgan fingerprint density at radius 2 is 2.22 bits per heavy atom. The van der Waals surface area contributed by atoms with E-state index in [1.165, 1.54) is 0 Å². The number of anilines is 2. The second-order valence-corrected chi connectivity index (χ2v) is 3.90. The van der Waals surface area contributed by atoms with Crippen LogP contribution in [0.15, 0.2) is 12.1 Å². The molecule has 0 saturated heterocycles. The van der Waals surface area contributed by atoms with Gasteiger partial charge in [-0.2, -0.15) is 10.2 Å². The Kier molecular flexibility index (Phi) is 5.78. The van der Waals surface area contributed by atoms with E-state index < -0.39 is 0 Å². The van der Waals surface area contributed by atoms with E-state index in [1.54, 1.807) is 6.07 Å². The number of ether oxygens (including phenoxy) is 1. The molecule has 1 aromatic rings. The Bertz CT molecular complexity index is 414. The Morgan fingerprint density at radius 3 is 2.83 bits per heavy atom. The van der Waals surface area contributed by atoms with Crippen molar-refractivity contribution in [1.29, 1.82) is 5.26 Å². The Labute approximate surface area is 108 Å². The van der Waals surface area contributed by atoms with Gasteiger partial charge in [-0.3, -0.25) is 0 Å². The van der Waals surface area contributed by atoms with Crippen LogP contribution in [0.1, 0.15) is 26.7 Å². The first-order chi connectivity index (χ1) is 8.72. The number of nitriles is 1. The van der Waals surface area contributed by atoms with Crippen LogP contribution < -0.4 is 15.4 Å². The summed E-state index contributed by atoms with van der Waals surface area (Å²) in [4.78, 5) is 6.43. The topological polar surface area (TPSA) is 75.2 Å². The summed E-state index contributed by atoms with van der Waals surface area (Å²) >= 11 is 0. The van der Waals surface area contributed by atoms with Gasteiger partial charge in [0.05, 0.1) is 24.8 Å². The lowest BCUT2D eigenvalue weighted by atomic mass is 10.3. The summed E-state index contributed by atoms with van der Waals surface area (Å²) in [6.07, 6.45) is 1.39. The maximum absolute atomic E-state index is 8.63. The molecule has 0 atom stereocenters. The highest BCUT2D eigenvalue weighted by molar-refractivity contribution is 5.54. The largest absolute Gasteiger partial charge is 0.476 e. The average Bonchev–Trinajstić information content (AvgIpc) is 2.39. The van der Waals surface area contributed by atoms with E-state index >= 15 is 0 Å². The molecule has 0 amide bonds. The highest BCUT2D eigenvalue weighted by Crippen LogP contribution is 2.23. The van der Waals surface area contributed by atoms with Crippen molar-refractivity contribution in [2.45, 2.75) is 26.7 Å². The molecule has 0 aromatic carbocycles. The number of nitrogens with zero attached hydrogens (tertiary/aromatic N) is 3. The highest BCUT2D eigenvalue weighted by atomic mass is 16.5. The van der Waals surface area contributed by atoms with E-state index in [1.807, 2.05) is 24.8 Å². The van der Waals surface area contributed by atoms with Crippen molar-refractivity contribution >= 4 is 11.5 Å². The van der Waals surface area contributed by atoms with E-state index in [4.69, 9.17) is 15.7 Å². The van der Waals surface area contributed by atoms with Crippen molar-refractivity contribution < 1.29 is 4.74 Å². The minimum Gasteiger partial charge on any atom is -0.476 e. The molecule has 98 valence electrons. The molecule has 1 rings (SSSR count). The molecular formula is C13H20N4O. The number of nitrogens with two attached hydrogens (primary N) is 1. The van der Waals surface area contributed by atoms with Crippen LogP contribution in [0.25, 0.3) is 0 Å². The quantitative estimate of drug-likeness (QED) is 0.800. The van der Waals surface area contributed by atoms with Gasteiger partial charge in [0.15, 0.2) is 0 Å². The molecule has 0 spiro atoms. The van der Waals surface area contributed by atoms with Crippen molar-refractivity contribution in [1.82, 2.24) is 4.98 Å². The molecule has 5 heteroatoms. The summed E-state index contributed by atoms with van der Waals surface area (Å²) in [5.41, 5.74) is 6.36. The van der Waals surface area contributed by atoms with E-state index in [9.17, 15) is 0 Å². The van der Waals surface area contributed by atoms with Gasteiger partial charge in [0.1, 0.15) is 5.82 Å².